The first-order valence-electron chi connectivity index (χ1n) is 10.4. The molecule has 4 aromatic rings. The molecule has 0 saturated carbocycles. The molecule has 1 aromatic carbocycles. The third kappa shape index (κ3) is 3.84. The van der Waals surface area contributed by atoms with Crippen molar-refractivity contribution in [3.8, 4) is 11.4 Å². The Hall–Kier alpha value is -3.81. The summed E-state index contributed by atoms with van der Waals surface area (Å²) in [7, 11) is 0. The third-order valence-electron chi connectivity index (χ3n) is 5.49. The fourth-order valence-corrected chi connectivity index (χ4v) is 3.71. The van der Waals surface area contributed by atoms with Gasteiger partial charge in [0.2, 0.25) is 11.7 Å². The number of pyridine rings is 2. The van der Waals surface area contributed by atoms with Crippen molar-refractivity contribution in [1.29, 1.82) is 0 Å². The standard InChI is InChI=1S/C23H22N6O2/c1-2-21-26-22(27-31-21)17-8-10-20(24-15-17)28-11-13-29(14-12-28)23(30)19-9-7-16-5-3-4-6-18(16)25-19/h3-10,15H,2,11-14H2,1H3. The Kier molecular flexibility index (Phi) is 5.03. The maximum absolute atomic E-state index is 12.9. The highest BCUT2D eigenvalue weighted by molar-refractivity contribution is 5.95. The Balaban J connectivity index is 1.23. The molecule has 0 radical (unpaired) electrons. The molecule has 1 aliphatic rings. The summed E-state index contributed by atoms with van der Waals surface area (Å²) in [5, 5.41) is 5.02. The van der Waals surface area contributed by atoms with Crippen LogP contribution in [0.4, 0.5) is 5.82 Å². The minimum atomic E-state index is -0.0301. The average Bonchev–Trinajstić information content (AvgIpc) is 3.33. The highest BCUT2D eigenvalue weighted by atomic mass is 16.5. The van der Waals surface area contributed by atoms with Crippen LogP contribution in [0.5, 0.6) is 0 Å². The number of hydrogen-bond donors (Lipinski definition) is 0. The molecule has 5 rings (SSSR count). The predicted molar refractivity (Wildman–Crippen MR) is 117 cm³/mol. The number of piperazine rings is 1. The van der Waals surface area contributed by atoms with Gasteiger partial charge in [-0.25, -0.2) is 9.97 Å². The second-order valence-electron chi connectivity index (χ2n) is 7.44. The van der Waals surface area contributed by atoms with Gasteiger partial charge in [-0.1, -0.05) is 36.3 Å². The van der Waals surface area contributed by atoms with Gasteiger partial charge < -0.3 is 14.3 Å². The molecular weight excluding hydrogens is 392 g/mol. The molecule has 3 aromatic heterocycles. The molecule has 1 aliphatic heterocycles. The van der Waals surface area contributed by atoms with Gasteiger partial charge in [0.25, 0.3) is 5.91 Å². The minimum Gasteiger partial charge on any atom is -0.353 e. The first kappa shape index (κ1) is 19.2. The van der Waals surface area contributed by atoms with Gasteiger partial charge in [-0.15, -0.1) is 0 Å². The Morgan fingerprint density at radius 3 is 2.58 bits per heavy atom. The number of benzene rings is 1. The van der Waals surface area contributed by atoms with Gasteiger partial charge in [0, 0.05) is 49.7 Å². The molecule has 0 spiro atoms. The van der Waals surface area contributed by atoms with Crippen LogP contribution >= 0.6 is 0 Å². The quantitative estimate of drug-likeness (QED) is 0.507. The van der Waals surface area contributed by atoms with Crippen LogP contribution in [0.25, 0.3) is 22.3 Å². The lowest BCUT2D eigenvalue weighted by atomic mass is 10.2. The molecule has 0 N–H and O–H groups in total. The van der Waals surface area contributed by atoms with E-state index in [2.05, 4.69) is 25.0 Å². The molecule has 1 fully saturated rings. The Labute approximate surface area is 179 Å². The number of para-hydroxylation sites is 1. The average molecular weight is 414 g/mol. The zero-order valence-electron chi connectivity index (χ0n) is 17.2. The summed E-state index contributed by atoms with van der Waals surface area (Å²) < 4.78 is 5.17. The van der Waals surface area contributed by atoms with Crippen LogP contribution in [0.1, 0.15) is 23.3 Å². The number of carbonyl (C=O) groups is 1. The highest BCUT2D eigenvalue weighted by Crippen LogP contribution is 2.20. The Morgan fingerprint density at radius 1 is 1.00 bits per heavy atom. The number of anilines is 1. The molecule has 156 valence electrons. The van der Waals surface area contributed by atoms with Crippen molar-refractivity contribution in [2.45, 2.75) is 13.3 Å². The van der Waals surface area contributed by atoms with Crippen LogP contribution in [0.2, 0.25) is 0 Å². The van der Waals surface area contributed by atoms with Gasteiger partial charge in [-0.2, -0.15) is 4.98 Å². The number of aromatic nitrogens is 4. The summed E-state index contributed by atoms with van der Waals surface area (Å²) in [6, 6.07) is 15.5. The van der Waals surface area contributed by atoms with E-state index in [1.54, 1.807) is 12.3 Å². The molecule has 0 bridgehead atoms. The number of fused-ring (bicyclic) bond motifs is 1. The molecule has 4 heterocycles. The number of nitrogens with zero attached hydrogens (tertiary/aromatic N) is 6. The van der Waals surface area contributed by atoms with Crippen LogP contribution in [0, 0.1) is 0 Å². The zero-order valence-corrected chi connectivity index (χ0v) is 17.2. The third-order valence-corrected chi connectivity index (χ3v) is 5.49. The summed E-state index contributed by atoms with van der Waals surface area (Å²) in [5.74, 6) is 2.01. The van der Waals surface area contributed by atoms with Crippen LogP contribution in [0.15, 0.2) is 59.3 Å². The SMILES string of the molecule is CCc1nc(-c2ccc(N3CCN(C(=O)c4ccc5ccccc5n4)CC3)nc2)no1. The molecular formula is C23H22N6O2. The van der Waals surface area contributed by atoms with Crippen molar-refractivity contribution >= 4 is 22.6 Å². The van der Waals surface area contributed by atoms with E-state index in [1.807, 2.05) is 54.3 Å². The number of rotatable bonds is 4. The predicted octanol–water partition coefficient (Wildman–Crippen LogP) is 3.20. The molecule has 1 amide bonds. The lowest BCUT2D eigenvalue weighted by Gasteiger charge is -2.35. The molecule has 8 nitrogen and oxygen atoms in total. The normalized spacial score (nSPS) is 14.2. The fraction of sp³-hybridized carbons (Fsp3) is 0.261. The summed E-state index contributed by atoms with van der Waals surface area (Å²) in [6.07, 6.45) is 2.46. The number of carbonyl (C=O) groups excluding carboxylic acids is 1. The van der Waals surface area contributed by atoms with E-state index in [0.29, 0.717) is 50.0 Å². The maximum Gasteiger partial charge on any atom is 0.272 e. The van der Waals surface area contributed by atoms with Crippen molar-refractivity contribution in [2.24, 2.45) is 0 Å². The second kappa shape index (κ2) is 8.14. The first-order chi connectivity index (χ1) is 15.2. The van der Waals surface area contributed by atoms with E-state index < -0.39 is 0 Å². The molecule has 8 heteroatoms. The van der Waals surface area contributed by atoms with Crippen LogP contribution in [-0.2, 0) is 6.42 Å². The van der Waals surface area contributed by atoms with Gasteiger partial charge >= 0.3 is 0 Å². The largest absolute Gasteiger partial charge is 0.353 e. The molecule has 31 heavy (non-hydrogen) atoms. The number of hydrogen-bond acceptors (Lipinski definition) is 7. The smallest absolute Gasteiger partial charge is 0.272 e. The van der Waals surface area contributed by atoms with E-state index in [1.165, 1.54) is 0 Å². The van der Waals surface area contributed by atoms with Gasteiger partial charge in [0.1, 0.15) is 11.5 Å². The summed E-state index contributed by atoms with van der Waals surface area (Å²) in [6.45, 7) is 4.66. The molecule has 1 saturated heterocycles. The Bertz CT molecular complexity index is 1210. The topological polar surface area (TPSA) is 88.3 Å². The van der Waals surface area contributed by atoms with Gasteiger partial charge in [0.05, 0.1) is 5.52 Å². The van der Waals surface area contributed by atoms with Crippen LogP contribution in [-0.4, -0.2) is 57.1 Å². The number of aryl methyl sites for hydroxylation is 1. The first-order valence-corrected chi connectivity index (χ1v) is 10.4. The highest BCUT2D eigenvalue weighted by Gasteiger charge is 2.24. The van der Waals surface area contributed by atoms with Crippen molar-refractivity contribution < 1.29 is 9.32 Å². The van der Waals surface area contributed by atoms with Crippen LogP contribution < -0.4 is 4.90 Å². The zero-order chi connectivity index (χ0) is 21.2. The minimum absolute atomic E-state index is 0.0301. The van der Waals surface area contributed by atoms with Gasteiger partial charge in [-0.3, -0.25) is 4.79 Å². The van der Waals surface area contributed by atoms with Crippen molar-refractivity contribution in [3.05, 3.63) is 66.3 Å². The fourth-order valence-electron chi connectivity index (χ4n) is 3.71. The summed E-state index contributed by atoms with van der Waals surface area (Å²) >= 11 is 0. The van der Waals surface area contributed by atoms with E-state index >= 15 is 0 Å². The van der Waals surface area contributed by atoms with Crippen LogP contribution in [0.3, 0.4) is 0 Å². The Morgan fingerprint density at radius 2 is 1.84 bits per heavy atom. The molecule has 0 aliphatic carbocycles. The van der Waals surface area contributed by atoms with Crippen molar-refractivity contribution in [2.75, 3.05) is 31.1 Å². The lowest BCUT2D eigenvalue weighted by molar-refractivity contribution is 0.0741. The van der Waals surface area contributed by atoms with E-state index in [9.17, 15) is 4.79 Å². The monoisotopic (exact) mass is 414 g/mol. The van der Waals surface area contributed by atoms with E-state index in [-0.39, 0.29) is 5.91 Å². The maximum atomic E-state index is 12.9. The van der Waals surface area contributed by atoms with Gasteiger partial charge in [0.15, 0.2) is 0 Å². The van der Waals surface area contributed by atoms with Gasteiger partial charge in [-0.05, 0) is 24.3 Å². The molecule has 0 unspecified atom stereocenters. The summed E-state index contributed by atoms with van der Waals surface area (Å²) in [5.41, 5.74) is 2.15. The lowest BCUT2D eigenvalue weighted by Crippen LogP contribution is -2.49. The van der Waals surface area contributed by atoms with Crippen molar-refractivity contribution in [3.63, 3.8) is 0 Å². The molecule has 0 atom stereocenters. The van der Waals surface area contributed by atoms with E-state index in [4.69, 9.17) is 4.52 Å². The van der Waals surface area contributed by atoms with E-state index in [0.717, 1.165) is 22.3 Å². The summed E-state index contributed by atoms with van der Waals surface area (Å²) in [4.78, 5) is 30.4. The second-order valence-corrected chi connectivity index (χ2v) is 7.44. The number of amides is 1. The van der Waals surface area contributed by atoms with Crippen molar-refractivity contribution in [1.82, 2.24) is 25.0 Å².